The summed E-state index contributed by atoms with van der Waals surface area (Å²) < 4.78 is 15.3. The number of para-hydroxylation sites is 2. The van der Waals surface area contributed by atoms with Crippen molar-refractivity contribution >= 4 is 46.5 Å². The smallest absolute Gasteiger partial charge is 0.430 e. The number of ether oxygens (including phenoxy) is 2. The van der Waals surface area contributed by atoms with Gasteiger partial charge in [0.25, 0.3) is 0 Å². The molecule has 0 radical (unpaired) electrons. The molecule has 33 heavy (non-hydrogen) atoms. The first-order valence-electron chi connectivity index (χ1n) is 9.96. The molecule has 2 heterocycles. The lowest BCUT2D eigenvalue weighted by atomic mass is 10.2. The molecule has 2 amide bonds. The van der Waals surface area contributed by atoms with E-state index in [2.05, 4.69) is 35.5 Å². The Morgan fingerprint density at radius 3 is 2.12 bits per heavy atom. The molecule has 0 saturated carbocycles. The summed E-state index contributed by atoms with van der Waals surface area (Å²) in [7, 11) is 0. The van der Waals surface area contributed by atoms with E-state index in [1.807, 2.05) is 0 Å². The summed E-state index contributed by atoms with van der Waals surface area (Å²) in [5.41, 5.74) is -0.542. The number of hydrogen-bond acceptors (Lipinski definition) is 11. The molecule has 13 nitrogen and oxygen atoms in total. The van der Waals surface area contributed by atoms with Crippen LogP contribution < -0.4 is 21.5 Å². The van der Waals surface area contributed by atoms with E-state index in [4.69, 9.17) is 15.3 Å². The van der Waals surface area contributed by atoms with Crippen LogP contribution in [0.25, 0.3) is 11.3 Å². The maximum absolute atomic E-state index is 12.5. The molecule has 3 aromatic rings. The molecule has 0 aliphatic carbocycles. The van der Waals surface area contributed by atoms with Crippen LogP contribution in [-0.4, -0.2) is 43.7 Å². The Morgan fingerprint density at radius 1 is 0.939 bits per heavy atom. The number of amides is 2. The molecule has 0 unspecified atom stereocenters. The van der Waals surface area contributed by atoms with Gasteiger partial charge in [-0.15, -0.1) is 0 Å². The highest BCUT2D eigenvalue weighted by atomic mass is 16.6. The summed E-state index contributed by atoms with van der Waals surface area (Å²) in [4.78, 5) is 33.3. The van der Waals surface area contributed by atoms with Gasteiger partial charge in [0.2, 0.25) is 11.3 Å². The lowest BCUT2D eigenvalue weighted by Gasteiger charge is -2.24. The van der Waals surface area contributed by atoms with Gasteiger partial charge in [0.15, 0.2) is 11.6 Å². The second-order valence-corrected chi connectivity index (χ2v) is 8.96. The molecular formula is C20H26N8O5. The van der Waals surface area contributed by atoms with Crippen molar-refractivity contribution < 1.29 is 23.7 Å². The van der Waals surface area contributed by atoms with Crippen molar-refractivity contribution in [2.45, 2.75) is 52.7 Å². The molecule has 0 aliphatic heterocycles. The summed E-state index contributed by atoms with van der Waals surface area (Å²) in [5.74, 6) is 5.94. The predicted molar refractivity (Wildman–Crippen MR) is 120 cm³/mol. The summed E-state index contributed by atoms with van der Waals surface area (Å²) >= 11 is 0. The molecule has 0 aliphatic rings. The second-order valence-electron chi connectivity index (χ2n) is 8.96. The van der Waals surface area contributed by atoms with E-state index in [1.165, 1.54) is 0 Å². The fourth-order valence-corrected chi connectivity index (χ4v) is 2.52. The van der Waals surface area contributed by atoms with Gasteiger partial charge in [-0.3, -0.25) is 5.32 Å². The summed E-state index contributed by atoms with van der Waals surface area (Å²) in [6.07, 6.45) is -1.51. The van der Waals surface area contributed by atoms with E-state index >= 15 is 0 Å². The molecule has 0 fully saturated rings. The number of rotatable bonds is 4. The van der Waals surface area contributed by atoms with Crippen molar-refractivity contribution in [2.75, 3.05) is 15.6 Å². The van der Waals surface area contributed by atoms with Crippen LogP contribution in [0.4, 0.5) is 32.6 Å². The summed E-state index contributed by atoms with van der Waals surface area (Å²) in [6.45, 7) is 10.4. The van der Waals surface area contributed by atoms with Crippen LogP contribution >= 0.6 is 0 Å². The van der Waals surface area contributed by atoms with Crippen LogP contribution in [0, 0.1) is 0 Å². The van der Waals surface area contributed by atoms with E-state index < -0.39 is 23.4 Å². The van der Waals surface area contributed by atoms with Crippen LogP contribution in [0.5, 0.6) is 0 Å². The van der Waals surface area contributed by atoms with Crippen molar-refractivity contribution in [3.8, 4) is 0 Å². The summed E-state index contributed by atoms with van der Waals surface area (Å²) in [5, 5.41) is 13.7. The minimum Gasteiger partial charge on any atom is -0.444 e. The first-order valence-corrected chi connectivity index (χ1v) is 9.96. The lowest BCUT2D eigenvalue weighted by Crippen LogP contribution is -2.42. The number of aromatic nitrogens is 4. The van der Waals surface area contributed by atoms with Gasteiger partial charge >= 0.3 is 12.2 Å². The van der Waals surface area contributed by atoms with Crippen LogP contribution in [0.15, 0.2) is 28.9 Å². The van der Waals surface area contributed by atoms with Gasteiger partial charge in [0.1, 0.15) is 11.2 Å². The van der Waals surface area contributed by atoms with Crippen LogP contribution in [-0.2, 0) is 9.47 Å². The van der Waals surface area contributed by atoms with Gasteiger partial charge in [-0.25, -0.2) is 25.0 Å². The number of carbonyl (C=O) groups is 2. The third-order valence-electron chi connectivity index (χ3n) is 3.73. The van der Waals surface area contributed by atoms with Gasteiger partial charge in [0, 0.05) is 0 Å². The van der Waals surface area contributed by atoms with E-state index in [9.17, 15) is 9.59 Å². The van der Waals surface area contributed by atoms with Gasteiger partial charge in [-0.1, -0.05) is 12.1 Å². The number of nitrogens with one attached hydrogen (secondary N) is 2. The maximum Gasteiger partial charge on any atom is 0.430 e. The van der Waals surface area contributed by atoms with Crippen molar-refractivity contribution in [1.29, 1.82) is 0 Å². The quantitative estimate of drug-likeness (QED) is 0.295. The van der Waals surface area contributed by atoms with Crippen molar-refractivity contribution in [1.82, 2.24) is 20.3 Å². The first kappa shape index (κ1) is 23.7. The Kier molecular flexibility index (Phi) is 6.35. The van der Waals surface area contributed by atoms with Gasteiger partial charge in [-0.05, 0) is 64.0 Å². The van der Waals surface area contributed by atoms with E-state index in [0.717, 1.165) is 0 Å². The van der Waals surface area contributed by atoms with Crippen LogP contribution in [0.2, 0.25) is 0 Å². The number of nitrogens with two attached hydrogens (primary N) is 1. The van der Waals surface area contributed by atoms with Crippen LogP contribution in [0.1, 0.15) is 41.5 Å². The van der Waals surface area contributed by atoms with E-state index in [1.54, 1.807) is 65.8 Å². The zero-order valence-corrected chi connectivity index (χ0v) is 19.2. The first-order chi connectivity index (χ1) is 15.3. The molecule has 0 bridgehead atoms. The second kappa shape index (κ2) is 8.86. The molecule has 0 spiro atoms. The van der Waals surface area contributed by atoms with Gasteiger partial charge < -0.3 is 14.8 Å². The molecule has 0 saturated heterocycles. The Balaban J connectivity index is 1.96. The fourth-order valence-electron chi connectivity index (χ4n) is 2.52. The molecule has 2 aromatic heterocycles. The summed E-state index contributed by atoms with van der Waals surface area (Å²) in [6, 6.07) is 6.80. The fraction of sp³-hybridized carbons (Fsp3) is 0.400. The average Bonchev–Trinajstić information content (AvgIpc) is 3.13. The Bertz CT molecular complexity index is 1170. The van der Waals surface area contributed by atoms with Gasteiger partial charge in [0.05, 0.1) is 11.4 Å². The predicted octanol–water partition coefficient (Wildman–Crippen LogP) is 3.72. The zero-order valence-electron chi connectivity index (χ0n) is 19.2. The monoisotopic (exact) mass is 458 g/mol. The molecule has 0 atom stereocenters. The molecule has 13 heteroatoms. The lowest BCUT2D eigenvalue weighted by molar-refractivity contribution is 0.0577. The highest BCUT2D eigenvalue weighted by Crippen LogP contribution is 2.30. The number of nitrogens with zero attached hydrogens (tertiary/aromatic N) is 5. The highest BCUT2D eigenvalue weighted by molar-refractivity contribution is 5.94. The third kappa shape index (κ3) is 6.26. The number of hydrogen-bond donors (Lipinski definition) is 3. The standard InChI is InChI=1S/C20H26N8O5/c1-19(2,3)31-17(29)23-12-10-8-7-9-11(12)22-15-16(25-14-13(24-15)26-33-27-14)28(21)18(30)32-20(4,5)6/h7-10H,21H2,1-6H3,(H,23,29)(H,22,24,26). The van der Waals surface area contributed by atoms with E-state index in [0.29, 0.717) is 16.4 Å². The number of anilines is 4. The van der Waals surface area contributed by atoms with Crippen molar-refractivity contribution in [3.05, 3.63) is 24.3 Å². The zero-order chi connectivity index (χ0) is 24.4. The molecule has 1 aromatic carbocycles. The molecular weight excluding hydrogens is 432 g/mol. The molecule has 4 N–H and O–H groups in total. The van der Waals surface area contributed by atoms with Crippen molar-refractivity contribution in [2.24, 2.45) is 5.84 Å². The minimum absolute atomic E-state index is 0.0368. The minimum atomic E-state index is -0.865. The Labute approximate surface area is 189 Å². The van der Waals surface area contributed by atoms with Crippen LogP contribution in [0.3, 0.4) is 0 Å². The number of hydrazine groups is 1. The topological polar surface area (TPSA) is 171 Å². The third-order valence-corrected chi connectivity index (χ3v) is 3.73. The van der Waals surface area contributed by atoms with Gasteiger partial charge in [-0.2, -0.15) is 9.99 Å². The highest BCUT2D eigenvalue weighted by Gasteiger charge is 2.27. The van der Waals surface area contributed by atoms with Crippen molar-refractivity contribution in [3.63, 3.8) is 0 Å². The largest absolute Gasteiger partial charge is 0.444 e. The maximum atomic E-state index is 12.5. The number of carbonyl (C=O) groups excluding carboxylic acids is 2. The normalized spacial score (nSPS) is 11.7. The molecule has 3 rings (SSSR count). The number of benzene rings is 1. The molecule has 176 valence electrons. The number of fused-ring (bicyclic) bond motifs is 1. The SMILES string of the molecule is CC(C)(C)OC(=O)Nc1ccccc1Nc1nc2nonc2nc1N(N)C(=O)OC(C)(C)C. The Hall–Kier alpha value is -4.00. The van der Waals surface area contributed by atoms with E-state index in [-0.39, 0.29) is 22.9 Å². The average molecular weight is 458 g/mol. The Morgan fingerprint density at radius 2 is 1.52 bits per heavy atom.